The van der Waals surface area contributed by atoms with Crippen molar-refractivity contribution in [2.75, 3.05) is 0 Å². The number of allylic oxidation sites excluding steroid dienone is 3. The number of carbonyl (C=O) groups is 1. The lowest BCUT2D eigenvalue weighted by molar-refractivity contribution is -0.132. The Hall–Kier alpha value is -4.62. The lowest BCUT2D eigenvalue weighted by Crippen LogP contribution is -1.99. The molecule has 0 aliphatic carbocycles. The zero-order valence-electron chi connectivity index (χ0n) is 17.1. The van der Waals surface area contributed by atoms with Crippen LogP contribution in [0.1, 0.15) is 22.3 Å². The molecule has 0 unspecified atom stereocenters. The van der Waals surface area contributed by atoms with Crippen molar-refractivity contribution in [2.24, 2.45) is 0 Å². The first kappa shape index (κ1) is 20.6. The van der Waals surface area contributed by atoms with E-state index in [0.29, 0.717) is 5.56 Å². The van der Waals surface area contributed by atoms with Crippen LogP contribution in [0.5, 0.6) is 0 Å². The highest BCUT2D eigenvalue weighted by Crippen LogP contribution is 2.32. The van der Waals surface area contributed by atoms with Gasteiger partial charge in [0.15, 0.2) is 0 Å². The summed E-state index contributed by atoms with van der Waals surface area (Å²) in [6.07, 6.45) is 7.38. The highest BCUT2D eigenvalue weighted by molar-refractivity contribution is 5.96. The first-order valence-electron chi connectivity index (χ1n) is 10.0. The molecule has 0 saturated heterocycles. The molecule has 0 fully saturated rings. The Morgan fingerprint density at radius 2 is 1.28 bits per heavy atom. The number of hydrogen-bond donors (Lipinski definition) is 1. The predicted octanol–water partition coefficient (Wildman–Crippen LogP) is 6.17. The molecule has 0 saturated carbocycles. The minimum Gasteiger partial charge on any atom is -0.477 e. The maximum atomic E-state index is 11.0. The molecule has 3 aromatic carbocycles. The topological polar surface area (TPSA) is 70.3 Å². The summed E-state index contributed by atoms with van der Waals surface area (Å²) >= 11 is 0. The van der Waals surface area contributed by atoms with Crippen LogP contribution in [0.4, 0.5) is 0 Å². The Morgan fingerprint density at radius 1 is 0.781 bits per heavy atom. The fourth-order valence-corrected chi connectivity index (χ4v) is 3.28. The number of nitrogens with zero attached hydrogens (tertiary/aromatic N) is 1. The number of benzene rings is 3. The van der Waals surface area contributed by atoms with Crippen molar-refractivity contribution >= 4 is 29.6 Å². The lowest BCUT2D eigenvalue weighted by atomic mass is 10.0. The van der Waals surface area contributed by atoms with Gasteiger partial charge in [-0.3, -0.25) is 0 Å². The van der Waals surface area contributed by atoms with Gasteiger partial charge in [0.05, 0.1) is 0 Å². The number of carboxylic acids is 1. The van der Waals surface area contributed by atoms with Gasteiger partial charge in [-0.2, -0.15) is 5.26 Å². The molecule has 32 heavy (non-hydrogen) atoms. The smallest absolute Gasteiger partial charge is 0.346 e. The van der Waals surface area contributed by atoms with Crippen LogP contribution in [0.25, 0.3) is 23.7 Å². The van der Waals surface area contributed by atoms with Crippen LogP contribution in [0.2, 0.25) is 0 Å². The summed E-state index contributed by atoms with van der Waals surface area (Å²) in [7, 11) is 0. The number of ether oxygens (including phenoxy) is 1. The average molecular weight is 417 g/mol. The number of nitriles is 1. The zero-order chi connectivity index (χ0) is 22.3. The number of rotatable bonds is 5. The van der Waals surface area contributed by atoms with E-state index in [2.05, 4.69) is 0 Å². The van der Waals surface area contributed by atoms with Gasteiger partial charge in [0.25, 0.3) is 0 Å². The first-order chi connectivity index (χ1) is 15.6. The number of carboxylic acid groups (broad SMARTS) is 1. The van der Waals surface area contributed by atoms with Gasteiger partial charge in [-0.1, -0.05) is 84.9 Å². The normalized spacial score (nSPS) is 13.3. The molecule has 3 aromatic rings. The van der Waals surface area contributed by atoms with Crippen molar-refractivity contribution in [1.82, 2.24) is 0 Å². The second-order valence-electron chi connectivity index (χ2n) is 7.14. The summed E-state index contributed by atoms with van der Waals surface area (Å²) in [6.45, 7) is 0. The Morgan fingerprint density at radius 3 is 1.75 bits per heavy atom. The van der Waals surface area contributed by atoms with E-state index in [4.69, 9.17) is 15.1 Å². The highest BCUT2D eigenvalue weighted by Gasteiger charge is 2.15. The second-order valence-corrected chi connectivity index (χ2v) is 7.14. The maximum absolute atomic E-state index is 11.0. The van der Waals surface area contributed by atoms with Gasteiger partial charge in [-0.05, 0) is 41.0 Å². The van der Waals surface area contributed by atoms with Gasteiger partial charge < -0.3 is 9.84 Å². The molecule has 0 atom stereocenters. The SMILES string of the molecule is N#C/C(=C/c1ccc(C=C2C=C(c3ccccc3)OC(c3ccccc3)=C2)cc1)C(=O)O. The molecule has 4 nitrogen and oxygen atoms in total. The van der Waals surface area contributed by atoms with E-state index in [1.54, 1.807) is 18.2 Å². The Kier molecular flexibility index (Phi) is 6.10. The molecule has 1 heterocycles. The lowest BCUT2D eigenvalue weighted by Gasteiger charge is -2.19. The van der Waals surface area contributed by atoms with Crippen molar-refractivity contribution in [3.8, 4) is 6.07 Å². The molecule has 0 bridgehead atoms. The summed E-state index contributed by atoms with van der Waals surface area (Å²) in [5.41, 5.74) is 4.24. The average Bonchev–Trinajstić information content (AvgIpc) is 2.84. The third kappa shape index (κ3) is 4.92. The molecular formula is C28H19NO3. The van der Waals surface area contributed by atoms with Crippen molar-refractivity contribution < 1.29 is 14.6 Å². The summed E-state index contributed by atoms with van der Waals surface area (Å²) in [6, 6.07) is 28.9. The van der Waals surface area contributed by atoms with E-state index in [1.165, 1.54) is 6.08 Å². The summed E-state index contributed by atoms with van der Waals surface area (Å²) in [5, 5.41) is 18.0. The van der Waals surface area contributed by atoms with Crippen LogP contribution in [0.3, 0.4) is 0 Å². The van der Waals surface area contributed by atoms with E-state index in [9.17, 15) is 4.79 Å². The Labute approximate surface area is 186 Å². The minimum absolute atomic E-state index is 0.300. The molecule has 0 spiro atoms. The molecular weight excluding hydrogens is 398 g/mol. The van der Waals surface area contributed by atoms with E-state index < -0.39 is 5.97 Å². The van der Waals surface area contributed by atoms with E-state index in [1.807, 2.05) is 91.0 Å². The molecule has 0 radical (unpaired) electrons. The minimum atomic E-state index is -1.24. The largest absolute Gasteiger partial charge is 0.477 e. The van der Waals surface area contributed by atoms with Gasteiger partial charge in [0.2, 0.25) is 0 Å². The van der Waals surface area contributed by atoms with Gasteiger partial charge in [-0.25, -0.2) is 4.79 Å². The molecule has 4 rings (SSSR count). The monoisotopic (exact) mass is 417 g/mol. The van der Waals surface area contributed by atoms with Crippen LogP contribution in [-0.2, 0) is 9.53 Å². The molecule has 154 valence electrons. The van der Waals surface area contributed by atoms with Crippen LogP contribution >= 0.6 is 0 Å². The van der Waals surface area contributed by atoms with Gasteiger partial charge >= 0.3 is 5.97 Å². The summed E-state index contributed by atoms with van der Waals surface area (Å²) < 4.78 is 6.21. The van der Waals surface area contributed by atoms with Gasteiger partial charge in [0.1, 0.15) is 23.2 Å². The highest BCUT2D eigenvalue weighted by atomic mass is 16.5. The third-order valence-corrected chi connectivity index (χ3v) is 4.86. The quantitative estimate of drug-likeness (QED) is 0.398. The molecule has 1 N–H and O–H groups in total. The van der Waals surface area contributed by atoms with Gasteiger partial charge in [0, 0.05) is 11.1 Å². The summed E-state index contributed by atoms with van der Waals surface area (Å²) in [5.74, 6) is 0.286. The first-order valence-corrected chi connectivity index (χ1v) is 10.0. The van der Waals surface area contributed by atoms with Crippen LogP contribution in [-0.4, -0.2) is 11.1 Å². The van der Waals surface area contributed by atoms with Crippen molar-refractivity contribution in [1.29, 1.82) is 5.26 Å². The van der Waals surface area contributed by atoms with Crippen LogP contribution in [0.15, 0.2) is 108 Å². The van der Waals surface area contributed by atoms with Crippen LogP contribution < -0.4 is 0 Å². The second kappa shape index (κ2) is 9.46. The molecule has 0 aromatic heterocycles. The standard InChI is InChI=1S/C28H19NO3/c29-19-25(28(30)31)16-21-13-11-20(12-14-21)15-22-17-26(23-7-3-1-4-8-23)32-27(18-22)24-9-5-2-6-10-24/h1-18H,(H,30,31)/b25-16-. The summed E-state index contributed by atoms with van der Waals surface area (Å²) in [4.78, 5) is 11.0. The zero-order valence-corrected chi connectivity index (χ0v) is 17.1. The van der Waals surface area contributed by atoms with Crippen LogP contribution in [0, 0.1) is 11.3 Å². The molecule has 0 amide bonds. The number of hydrogen-bond acceptors (Lipinski definition) is 3. The predicted molar refractivity (Wildman–Crippen MR) is 126 cm³/mol. The van der Waals surface area contributed by atoms with E-state index in [0.717, 1.165) is 33.8 Å². The number of aliphatic carboxylic acids is 1. The molecule has 4 heteroatoms. The van der Waals surface area contributed by atoms with Crippen molar-refractivity contribution in [2.45, 2.75) is 0 Å². The van der Waals surface area contributed by atoms with E-state index in [-0.39, 0.29) is 5.57 Å². The van der Waals surface area contributed by atoms with E-state index >= 15 is 0 Å². The molecule has 1 aliphatic rings. The van der Waals surface area contributed by atoms with Crippen molar-refractivity contribution in [3.05, 3.63) is 130 Å². The molecule has 1 aliphatic heterocycles. The third-order valence-electron chi connectivity index (χ3n) is 4.86. The Balaban J connectivity index is 1.70. The fraction of sp³-hybridized carbons (Fsp3) is 0. The maximum Gasteiger partial charge on any atom is 0.346 e. The Bertz CT molecular complexity index is 1230. The van der Waals surface area contributed by atoms with Crippen molar-refractivity contribution in [3.63, 3.8) is 0 Å². The fourth-order valence-electron chi connectivity index (χ4n) is 3.28. The van der Waals surface area contributed by atoms with Gasteiger partial charge in [-0.15, -0.1) is 0 Å².